The van der Waals surface area contributed by atoms with Crippen LogP contribution >= 0.6 is 23.2 Å². The number of carbonyl (C=O) groups excluding carboxylic acids is 2. The fourth-order valence-corrected chi connectivity index (χ4v) is 3.38. The smallest absolute Gasteiger partial charge is 0.322 e. The zero-order valence-electron chi connectivity index (χ0n) is 15.4. The van der Waals surface area contributed by atoms with E-state index in [4.69, 9.17) is 23.2 Å². The van der Waals surface area contributed by atoms with Crippen LogP contribution in [-0.2, 0) is 17.9 Å². The normalized spacial score (nSPS) is 13.9. The zero-order valence-corrected chi connectivity index (χ0v) is 16.9. The van der Waals surface area contributed by atoms with Crippen LogP contribution in [-0.4, -0.2) is 28.8 Å². The first kappa shape index (κ1) is 19.5. The Balaban J connectivity index is 1.69. The Morgan fingerprint density at radius 3 is 2.44 bits per heavy atom. The zero-order chi connectivity index (χ0) is 19.7. The van der Waals surface area contributed by atoms with Crippen LogP contribution in [0.2, 0.25) is 10.0 Å². The Kier molecular flexibility index (Phi) is 5.63. The molecule has 0 fully saturated rings. The molecule has 1 aliphatic rings. The van der Waals surface area contributed by atoms with Crippen molar-refractivity contribution in [3.8, 4) is 0 Å². The number of hydrogen-bond acceptors (Lipinski definition) is 2. The summed E-state index contributed by atoms with van der Waals surface area (Å²) in [6.07, 6.45) is 0. The maximum Gasteiger partial charge on any atom is 0.322 e. The Labute approximate surface area is 168 Å². The molecule has 0 aliphatic carbocycles. The minimum absolute atomic E-state index is 0.0481. The molecule has 5 nitrogen and oxygen atoms in total. The molecule has 0 aromatic heterocycles. The van der Waals surface area contributed by atoms with Crippen molar-refractivity contribution >= 4 is 40.8 Å². The van der Waals surface area contributed by atoms with Crippen LogP contribution in [0.3, 0.4) is 0 Å². The van der Waals surface area contributed by atoms with Crippen LogP contribution in [0, 0.1) is 0 Å². The lowest BCUT2D eigenvalue weighted by Crippen LogP contribution is -2.33. The first-order valence-electron chi connectivity index (χ1n) is 8.62. The van der Waals surface area contributed by atoms with Gasteiger partial charge in [-0.25, -0.2) is 4.79 Å². The van der Waals surface area contributed by atoms with Crippen LogP contribution in [0.4, 0.5) is 10.5 Å². The van der Waals surface area contributed by atoms with E-state index in [0.717, 1.165) is 16.7 Å². The van der Waals surface area contributed by atoms with Gasteiger partial charge in [-0.15, -0.1) is 0 Å². The number of fused-ring (bicyclic) bond motifs is 1. The number of amides is 3. The van der Waals surface area contributed by atoms with Crippen molar-refractivity contribution in [3.63, 3.8) is 0 Å². The molecule has 2 aromatic carbocycles. The number of nitrogens with zero attached hydrogens (tertiary/aromatic N) is 2. The van der Waals surface area contributed by atoms with Crippen LogP contribution < -0.4 is 5.32 Å². The molecule has 0 radical (unpaired) electrons. The standard InChI is InChI=1S/C20H21Cl2N3O2/c1-12(14-5-7-18(21)19(22)9-14)24(3)20(27)23-17-6-4-15-10-25(13(2)26)11-16(15)8-17/h4-9,12H,10-11H2,1-3H3,(H,23,27). The quantitative estimate of drug-likeness (QED) is 0.773. The average Bonchev–Trinajstić information content (AvgIpc) is 3.06. The summed E-state index contributed by atoms with van der Waals surface area (Å²) in [6, 6.07) is 10.7. The van der Waals surface area contributed by atoms with Crippen molar-refractivity contribution in [2.75, 3.05) is 12.4 Å². The van der Waals surface area contributed by atoms with Gasteiger partial charge in [-0.1, -0.05) is 35.3 Å². The molecule has 3 rings (SSSR count). The summed E-state index contributed by atoms with van der Waals surface area (Å²) in [6.45, 7) is 4.68. The van der Waals surface area contributed by atoms with Crippen molar-refractivity contribution in [2.24, 2.45) is 0 Å². The van der Waals surface area contributed by atoms with Gasteiger partial charge in [0, 0.05) is 32.7 Å². The minimum atomic E-state index is -0.227. The van der Waals surface area contributed by atoms with E-state index in [1.54, 1.807) is 35.9 Å². The lowest BCUT2D eigenvalue weighted by molar-refractivity contribution is -0.129. The van der Waals surface area contributed by atoms with Gasteiger partial charge in [0.05, 0.1) is 16.1 Å². The topological polar surface area (TPSA) is 52.7 Å². The van der Waals surface area contributed by atoms with Crippen molar-refractivity contribution in [3.05, 3.63) is 63.1 Å². The Hall–Kier alpha value is -2.24. The summed E-state index contributed by atoms with van der Waals surface area (Å²) in [5.74, 6) is 0.0481. The largest absolute Gasteiger partial charge is 0.334 e. The van der Waals surface area contributed by atoms with E-state index >= 15 is 0 Å². The van der Waals surface area contributed by atoms with Crippen LogP contribution in [0.25, 0.3) is 0 Å². The molecular formula is C20H21Cl2N3O2. The molecule has 0 spiro atoms. The van der Waals surface area contributed by atoms with Crippen molar-refractivity contribution in [2.45, 2.75) is 33.0 Å². The van der Waals surface area contributed by atoms with Crippen LogP contribution in [0.5, 0.6) is 0 Å². The molecule has 1 atom stereocenters. The summed E-state index contributed by atoms with van der Waals surface area (Å²) in [5, 5.41) is 3.86. The number of hydrogen-bond donors (Lipinski definition) is 1. The number of urea groups is 1. The second kappa shape index (κ2) is 7.79. The summed E-state index contributed by atoms with van der Waals surface area (Å²) in [4.78, 5) is 27.6. The Morgan fingerprint density at radius 1 is 1.07 bits per heavy atom. The first-order valence-corrected chi connectivity index (χ1v) is 9.38. The lowest BCUT2D eigenvalue weighted by atomic mass is 10.1. The second-order valence-corrected chi connectivity index (χ2v) is 7.56. The summed E-state index contributed by atoms with van der Waals surface area (Å²) >= 11 is 12.0. The molecule has 142 valence electrons. The maximum absolute atomic E-state index is 12.6. The van der Waals surface area contributed by atoms with Gasteiger partial charge in [-0.2, -0.15) is 0 Å². The van der Waals surface area contributed by atoms with Crippen molar-refractivity contribution in [1.29, 1.82) is 0 Å². The highest BCUT2D eigenvalue weighted by molar-refractivity contribution is 6.42. The first-order chi connectivity index (χ1) is 12.8. The van der Waals surface area contributed by atoms with Gasteiger partial charge in [0.25, 0.3) is 0 Å². The van der Waals surface area contributed by atoms with Gasteiger partial charge in [0.2, 0.25) is 5.91 Å². The fourth-order valence-electron chi connectivity index (χ4n) is 3.08. The molecule has 7 heteroatoms. The van der Waals surface area contributed by atoms with Gasteiger partial charge in [-0.3, -0.25) is 4.79 Å². The highest BCUT2D eigenvalue weighted by Crippen LogP contribution is 2.29. The van der Waals surface area contributed by atoms with Gasteiger partial charge in [0.1, 0.15) is 0 Å². The second-order valence-electron chi connectivity index (χ2n) is 6.75. The molecule has 2 aromatic rings. The van der Waals surface area contributed by atoms with Crippen molar-refractivity contribution in [1.82, 2.24) is 9.80 Å². The molecule has 1 unspecified atom stereocenters. The number of benzene rings is 2. The monoisotopic (exact) mass is 405 g/mol. The molecule has 1 N–H and O–H groups in total. The molecule has 3 amide bonds. The summed E-state index contributed by atoms with van der Waals surface area (Å²) in [5.41, 5.74) is 3.77. The molecule has 1 heterocycles. The molecule has 1 aliphatic heterocycles. The number of anilines is 1. The average molecular weight is 406 g/mol. The summed E-state index contributed by atoms with van der Waals surface area (Å²) in [7, 11) is 1.73. The minimum Gasteiger partial charge on any atom is -0.334 e. The van der Waals surface area contributed by atoms with E-state index in [-0.39, 0.29) is 18.0 Å². The third kappa shape index (κ3) is 4.20. The fraction of sp³-hybridized carbons (Fsp3) is 0.300. The van der Waals surface area contributed by atoms with Crippen LogP contribution in [0.15, 0.2) is 36.4 Å². The molecule has 27 heavy (non-hydrogen) atoms. The van der Waals surface area contributed by atoms with E-state index in [9.17, 15) is 9.59 Å². The SMILES string of the molecule is CC(=O)N1Cc2ccc(NC(=O)N(C)C(C)c3ccc(Cl)c(Cl)c3)cc2C1. The Bertz CT molecular complexity index is 901. The lowest BCUT2D eigenvalue weighted by Gasteiger charge is -2.26. The predicted molar refractivity (Wildman–Crippen MR) is 108 cm³/mol. The molecule has 0 saturated carbocycles. The highest BCUT2D eigenvalue weighted by atomic mass is 35.5. The summed E-state index contributed by atoms with van der Waals surface area (Å²) < 4.78 is 0. The molecular weight excluding hydrogens is 385 g/mol. The number of halogens is 2. The third-order valence-electron chi connectivity index (χ3n) is 4.95. The number of rotatable bonds is 3. The van der Waals surface area contributed by atoms with E-state index in [1.165, 1.54) is 0 Å². The Morgan fingerprint density at radius 2 is 1.78 bits per heavy atom. The van der Waals surface area contributed by atoms with Crippen molar-refractivity contribution < 1.29 is 9.59 Å². The van der Waals surface area contributed by atoms with Gasteiger partial charge in [-0.05, 0) is 47.9 Å². The van der Waals surface area contributed by atoms with E-state index in [2.05, 4.69) is 5.32 Å². The maximum atomic E-state index is 12.6. The highest BCUT2D eigenvalue weighted by Gasteiger charge is 2.22. The third-order valence-corrected chi connectivity index (χ3v) is 5.69. The van der Waals surface area contributed by atoms with E-state index in [0.29, 0.717) is 28.8 Å². The molecule has 0 saturated heterocycles. The predicted octanol–water partition coefficient (Wildman–Crippen LogP) is 5.08. The molecule has 0 bridgehead atoms. The number of nitrogens with one attached hydrogen (secondary N) is 1. The number of carbonyl (C=O) groups is 2. The van der Waals surface area contributed by atoms with E-state index in [1.807, 2.05) is 31.2 Å². The van der Waals surface area contributed by atoms with E-state index < -0.39 is 0 Å². The van der Waals surface area contributed by atoms with Gasteiger partial charge in [0.15, 0.2) is 0 Å². The van der Waals surface area contributed by atoms with Gasteiger partial charge >= 0.3 is 6.03 Å². The van der Waals surface area contributed by atoms with Crippen LogP contribution in [0.1, 0.15) is 36.6 Å². The van der Waals surface area contributed by atoms with Gasteiger partial charge < -0.3 is 15.1 Å².